The lowest BCUT2D eigenvalue weighted by molar-refractivity contribution is -0.137. The lowest BCUT2D eigenvalue weighted by Gasteiger charge is -2.08. The number of carbonyl (C=O) groups is 1. The Balaban J connectivity index is 3.19. The maximum absolute atomic E-state index is 10.2. The molecule has 0 aromatic rings. The Labute approximate surface area is 75.8 Å². The van der Waals surface area contributed by atoms with Crippen LogP contribution in [0.5, 0.6) is 0 Å². The van der Waals surface area contributed by atoms with Gasteiger partial charge in [-0.15, -0.1) is 0 Å². The van der Waals surface area contributed by atoms with E-state index in [9.17, 15) is 4.79 Å². The van der Waals surface area contributed by atoms with E-state index in [1.54, 1.807) is 0 Å². The summed E-state index contributed by atoms with van der Waals surface area (Å²) in [5.41, 5.74) is 0. The zero-order valence-corrected chi connectivity index (χ0v) is 7.75. The lowest BCUT2D eigenvalue weighted by atomic mass is 9.93. The summed E-state index contributed by atoms with van der Waals surface area (Å²) in [4.78, 5) is 10.2. The van der Waals surface area contributed by atoms with Crippen molar-refractivity contribution in [2.75, 3.05) is 0 Å². The van der Waals surface area contributed by atoms with E-state index in [-0.39, 0.29) is 0 Å². The van der Waals surface area contributed by atoms with Gasteiger partial charge in [0, 0.05) is 6.42 Å². The number of carboxylic acid groups (broad SMARTS) is 1. The van der Waals surface area contributed by atoms with E-state index in [0.29, 0.717) is 12.3 Å². The molecule has 0 unspecified atom stereocenters. The van der Waals surface area contributed by atoms with Crippen LogP contribution in [0.25, 0.3) is 0 Å². The second-order valence-corrected chi connectivity index (χ2v) is 3.32. The molecule has 0 rings (SSSR count). The van der Waals surface area contributed by atoms with Crippen LogP contribution >= 0.6 is 0 Å². The van der Waals surface area contributed by atoms with Crippen LogP contribution in [0.4, 0.5) is 0 Å². The molecule has 0 bridgehead atoms. The van der Waals surface area contributed by atoms with Crippen molar-refractivity contribution < 1.29 is 9.90 Å². The molecular weight excluding hydrogens is 151 g/mol. The van der Waals surface area contributed by atoms with E-state index >= 15 is 0 Å². The summed E-state index contributed by atoms with van der Waals surface area (Å²) in [7, 11) is 5.36. The minimum absolute atomic E-state index is 0.299. The standard InChI is InChI=1S/C9H17BO2/c1-8(5-3-7-10)4-2-6-9(11)12/h8H,2-7H2,1H3,(H,11,12)/t8-/m0/s1. The highest BCUT2D eigenvalue weighted by Crippen LogP contribution is 2.14. The van der Waals surface area contributed by atoms with Gasteiger partial charge < -0.3 is 5.11 Å². The number of hydrogen-bond acceptors (Lipinski definition) is 1. The highest BCUT2D eigenvalue weighted by atomic mass is 16.4. The van der Waals surface area contributed by atoms with E-state index < -0.39 is 5.97 Å². The van der Waals surface area contributed by atoms with Gasteiger partial charge in [0.15, 0.2) is 0 Å². The average molecular weight is 168 g/mol. The summed E-state index contributed by atoms with van der Waals surface area (Å²) in [5, 5.41) is 8.38. The maximum Gasteiger partial charge on any atom is 0.303 e. The van der Waals surface area contributed by atoms with E-state index in [1.807, 2.05) is 0 Å². The maximum atomic E-state index is 10.2. The smallest absolute Gasteiger partial charge is 0.303 e. The first-order valence-electron chi connectivity index (χ1n) is 4.58. The Morgan fingerprint density at radius 3 is 2.50 bits per heavy atom. The number of aliphatic carboxylic acids is 1. The Bertz CT molecular complexity index is 126. The fourth-order valence-electron chi connectivity index (χ4n) is 1.21. The minimum atomic E-state index is -0.693. The van der Waals surface area contributed by atoms with E-state index in [2.05, 4.69) is 6.92 Å². The van der Waals surface area contributed by atoms with Crippen molar-refractivity contribution >= 4 is 13.8 Å². The van der Waals surface area contributed by atoms with Gasteiger partial charge in [0.05, 0.1) is 7.85 Å². The fourth-order valence-corrected chi connectivity index (χ4v) is 1.21. The van der Waals surface area contributed by atoms with Crippen LogP contribution in [0.1, 0.15) is 39.0 Å². The molecule has 2 nitrogen and oxygen atoms in total. The van der Waals surface area contributed by atoms with Crippen LogP contribution in [-0.4, -0.2) is 18.9 Å². The van der Waals surface area contributed by atoms with Gasteiger partial charge in [-0.05, 0) is 12.3 Å². The third-order valence-corrected chi connectivity index (χ3v) is 1.99. The molecule has 0 spiro atoms. The van der Waals surface area contributed by atoms with E-state index in [0.717, 1.165) is 32.0 Å². The first-order valence-corrected chi connectivity index (χ1v) is 4.58. The summed E-state index contributed by atoms with van der Waals surface area (Å²) in [5.74, 6) is -0.0751. The molecule has 0 amide bonds. The molecule has 0 aliphatic carbocycles. The quantitative estimate of drug-likeness (QED) is 0.592. The fraction of sp³-hybridized carbons (Fsp3) is 0.889. The SMILES string of the molecule is [B]CCC[C@@H](C)CCCC(=O)O. The summed E-state index contributed by atoms with van der Waals surface area (Å²) < 4.78 is 0. The molecule has 0 aromatic carbocycles. The molecular formula is C9H17BO2. The number of hydrogen-bond donors (Lipinski definition) is 1. The van der Waals surface area contributed by atoms with Crippen molar-refractivity contribution in [3.8, 4) is 0 Å². The molecule has 3 heteroatoms. The molecule has 12 heavy (non-hydrogen) atoms. The zero-order chi connectivity index (χ0) is 9.40. The van der Waals surface area contributed by atoms with Crippen LogP contribution in [0.15, 0.2) is 0 Å². The highest BCUT2D eigenvalue weighted by molar-refractivity contribution is 6.08. The van der Waals surface area contributed by atoms with Crippen molar-refractivity contribution in [1.29, 1.82) is 0 Å². The van der Waals surface area contributed by atoms with Gasteiger partial charge in [-0.2, -0.15) is 0 Å². The third kappa shape index (κ3) is 7.64. The average Bonchev–Trinajstić information content (AvgIpc) is 2.00. The Kier molecular flexibility index (Phi) is 6.92. The van der Waals surface area contributed by atoms with Crippen LogP contribution in [0, 0.1) is 5.92 Å². The normalized spacial score (nSPS) is 12.8. The first kappa shape index (κ1) is 11.5. The predicted octanol–water partition coefficient (Wildman–Crippen LogP) is 2.24. The van der Waals surface area contributed by atoms with Gasteiger partial charge in [0.2, 0.25) is 0 Å². The molecule has 0 saturated heterocycles. The largest absolute Gasteiger partial charge is 0.481 e. The first-order chi connectivity index (χ1) is 5.66. The second-order valence-electron chi connectivity index (χ2n) is 3.32. The van der Waals surface area contributed by atoms with Gasteiger partial charge in [-0.25, -0.2) is 0 Å². The van der Waals surface area contributed by atoms with Gasteiger partial charge >= 0.3 is 5.97 Å². The van der Waals surface area contributed by atoms with E-state index in [1.165, 1.54) is 0 Å². The molecule has 68 valence electrons. The summed E-state index contributed by atoms with van der Waals surface area (Å²) in [6, 6.07) is 0. The third-order valence-electron chi connectivity index (χ3n) is 1.99. The van der Waals surface area contributed by atoms with Gasteiger partial charge in [0.1, 0.15) is 0 Å². The van der Waals surface area contributed by atoms with Crippen molar-refractivity contribution in [2.45, 2.75) is 45.3 Å². The van der Waals surface area contributed by atoms with Gasteiger partial charge in [-0.3, -0.25) is 4.79 Å². The summed E-state index contributed by atoms with van der Waals surface area (Å²) >= 11 is 0. The molecule has 0 aliphatic heterocycles. The number of carboxylic acids is 1. The monoisotopic (exact) mass is 168 g/mol. The molecule has 1 atom stereocenters. The summed E-state index contributed by atoms with van der Waals surface area (Å²) in [6.45, 7) is 2.15. The minimum Gasteiger partial charge on any atom is -0.481 e. The molecule has 0 aliphatic rings. The van der Waals surface area contributed by atoms with Crippen LogP contribution in [0.2, 0.25) is 6.32 Å². The Morgan fingerprint density at radius 2 is 2.00 bits per heavy atom. The van der Waals surface area contributed by atoms with Gasteiger partial charge in [-0.1, -0.05) is 32.5 Å². The van der Waals surface area contributed by atoms with Crippen LogP contribution in [0.3, 0.4) is 0 Å². The topological polar surface area (TPSA) is 37.3 Å². The zero-order valence-electron chi connectivity index (χ0n) is 7.75. The molecule has 0 aromatic heterocycles. The van der Waals surface area contributed by atoms with Crippen LogP contribution in [-0.2, 0) is 4.79 Å². The second kappa shape index (κ2) is 7.20. The Hall–Kier alpha value is -0.465. The van der Waals surface area contributed by atoms with Crippen molar-refractivity contribution in [1.82, 2.24) is 0 Å². The van der Waals surface area contributed by atoms with Gasteiger partial charge in [0.25, 0.3) is 0 Å². The van der Waals surface area contributed by atoms with E-state index in [4.69, 9.17) is 13.0 Å². The van der Waals surface area contributed by atoms with Crippen molar-refractivity contribution in [3.05, 3.63) is 0 Å². The molecule has 1 N–H and O–H groups in total. The predicted molar refractivity (Wildman–Crippen MR) is 50.4 cm³/mol. The van der Waals surface area contributed by atoms with Crippen LogP contribution < -0.4 is 0 Å². The number of rotatable bonds is 7. The molecule has 0 heterocycles. The molecule has 0 saturated carbocycles. The van der Waals surface area contributed by atoms with Crippen molar-refractivity contribution in [3.63, 3.8) is 0 Å². The highest BCUT2D eigenvalue weighted by Gasteiger charge is 2.02. The summed E-state index contributed by atoms with van der Waals surface area (Å²) in [6.07, 6.45) is 5.01. The lowest BCUT2D eigenvalue weighted by Crippen LogP contribution is -1.99. The van der Waals surface area contributed by atoms with Crippen molar-refractivity contribution in [2.24, 2.45) is 5.92 Å². The molecule has 2 radical (unpaired) electrons. The molecule has 0 fully saturated rings. The Morgan fingerprint density at radius 1 is 1.42 bits per heavy atom.